The number of rotatable bonds is 0. The normalized spacial score (nSPS) is 25.0. The first-order valence-electron chi connectivity index (χ1n) is 2.74. The molecule has 0 saturated carbocycles. The van der Waals surface area contributed by atoms with Crippen molar-refractivity contribution in [2.24, 2.45) is 5.10 Å². The van der Waals surface area contributed by atoms with E-state index in [1.54, 1.807) is 0 Å². The topological polar surface area (TPSA) is 27.6 Å². The molecular formula is C4H6F3N3S. The van der Waals surface area contributed by atoms with E-state index in [1.807, 2.05) is 0 Å². The maximum atomic E-state index is 11.9. The molecule has 0 fully saturated rings. The minimum atomic E-state index is -4.40. The number of halogens is 3. The van der Waals surface area contributed by atoms with Crippen LogP contribution in [0.4, 0.5) is 13.2 Å². The van der Waals surface area contributed by atoms with E-state index >= 15 is 0 Å². The van der Waals surface area contributed by atoms with Crippen LogP contribution in [-0.4, -0.2) is 29.5 Å². The Bertz CT molecular complexity index is 190. The van der Waals surface area contributed by atoms with E-state index in [1.165, 1.54) is 7.05 Å². The zero-order valence-electron chi connectivity index (χ0n) is 5.55. The van der Waals surface area contributed by atoms with Gasteiger partial charge in [0.25, 0.3) is 0 Å². The molecule has 0 aromatic carbocycles. The van der Waals surface area contributed by atoms with Crippen LogP contribution >= 0.6 is 12.6 Å². The molecule has 1 aliphatic rings. The van der Waals surface area contributed by atoms with Crippen LogP contribution < -0.4 is 5.43 Å². The Balaban J connectivity index is 2.76. The molecule has 0 bridgehead atoms. The summed E-state index contributed by atoms with van der Waals surface area (Å²) in [4.78, 5) is 0.906. The van der Waals surface area contributed by atoms with Gasteiger partial charge in [-0.2, -0.15) is 18.3 Å². The maximum Gasteiger partial charge on any atom is 0.451 e. The van der Waals surface area contributed by atoms with E-state index in [0.717, 1.165) is 4.90 Å². The third kappa shape index (κ3) is 1.52. The number of nitrogens with one attached hydrogen (secondary N) is 1. The van der Waals surface area contributed by atoms with Gasteiger partial charge in [0, 0.05) is 7.05 Å². The van der Waals surface area contributed by atoms with Gasteiger partial charge in [0.05, 0.1) is 0 Å². The summed E-state index contributed by atoms with van der Waals surface area (Å²) in [6, 6.07) is 0. The first kappa shape index (κ1) is 8.51. The molecule has 0 saturated heterocycles. The Labute approximate surface area is 66.7 Å². The van der Waals surface area contributed by atoms with E-state index in [2.05, 4.69) is 23.2 Å². The summed E-state index contributed by atoms with van der Waals surface area (Å²) in [7, 11) is 1.27. The van der Waals surface area contributed by atoms with Gasteiger partial charge in [0.1, 0.15) is 0 Å². The van der Waals surface area contributed by atoms with Crippen molar-refractivity contribution in [3.8, 4) is 0 Å². The molecule has 1 atom stereocenters. The summed E-state index contributed by atoms with van der Waals surface area (Å²) in [6.07, 6.45) is -4.40. The summed E-state index contributed by atoms with van der Waals surface area (Å²) in [5.74, 6) is -0.947. The lowest BCUT2D eigenvalue weighted by Gasteiger charge is -2.18. The summed E-state index contributed by atoms with van der Waals surface area (Å²) in [5.41, 5.74) is 1.50. The van der Waals surface area contributed by atoms with Crippen LogP contribution in [0.2, 0.25) is 0 Å². The van der Waals surface area contributed by atoms with Gasteiger partial charge in [0.15, 0.2) is 5.50 Å². The molecule has 0 spiro atoms. The second kappa shape index (κ2) is 2.47. The number of alkyl halides is 3. The van der Waals surface area contributed by atoms with Gasteiger partial charge in [0.2, 0.25) is 5.84 Å². The SMILES string of the molecule is CN1C(C(F)(F)F)=NNC1S. The van der Waals surface area contributed by atoms with Gasteiger partial charge in [-0.15, -0.1) is 12.6 Å². The molecule has 7 heteroatoms. The largest absolute Gasteiger partial charge is 0.451 e. The minimum absolute atomic E-state index is 0.688. The van der Waals surface area contributed by atoms with Crippen LogP contribution in [0.3, 0.4) is 0 Å². The van der Waals surface area contributed by atoms with Crippen LogP contribution in [0.1, 0.15) is 0 Å². The van der Waals surface area contributed by atoms with Gasteiger partial charge in [-0.3, -0.25) is 5.43 Å². The molecule has 0 amide bonds. The van der Waals surface area contributed by atoms with Gasteiger partial charge >= 0.3 is 6.18 Å². The lowest BCUT2D eigenvalue weighted by atomic mass is 10.5. The highest BCUT2D eigenvalue weighted by atomic mass is 32.1. The lowest BCUT2D eigenvalue weighted by molar-refractivity contribution is -0.0665. The van der Waals surface area contributed by atoms with Crippen molar-refractivity contribution in [2.75, 3.05) is 7.05 Å². The van der Waals surface area contributed by atoms with Crippen molar-refractivity contribution in [1.29, 1.82) is 0 Å². The Hall–Kier alpha value is -0.590. The molecule has 1 rings (SSSR count). The molecule has 1 N–H and O–H groups in total. The number of hydrazone groups is 1. The predicted octanol–water partition coefficient (Wildman–Crippen LogP) is 0.611. The second-order valence-electron chi connectivity index (χ2n) is 2.05. The van der Waals surface area contributed by atoms with Crippen molar-refractivity contribution in [3.05, 3.63) is 0 Å². The fraction of sp³-hybridized carbons (Fsp3) is 0.750. The highest BCUT2D eigenvalue weighted by molar-refractivity contribution is 7.80. The molecule has 0 aliphatic carbocycles. The first-order chi connectivity index (χ1) is 4.93. The van der Waals surface area contributed by atoms with Crippen LogP contribution in [0.25, 0.3) is 0 Å². The van der Waals surface area contributed by atoms with Crippen molar-refractivity contribution >= 4 is 18.5 Å². The third-order valence-electron chi connectivity index (χ3n) is 1.24. The van der Waals surface area contributed by atoms with Gasteiger partial charge in [-0.1, -0.05) is 0 Å². The molecule has 64 valence electrons. The Morgan fingerprint density at radius 1 is 1.64 bits per heavy atom. The van der Waals surface area contributed by atoms with Crippen LogP contribution in [0.15, 0.2) is 5.10 Å². The predicted molar refractivity (Wildman–Crippen MR) is 37.2 cm³/mol. The van der Waals surface area contributed by atoms with E-state index in [0.29, 0.717) is 0 Å². The maximum absolute atomic E-state index is 11.9. The molecule has 1 heterocycles. The molecular weight excluding hydrogens is 179 g/mol. The summed E-state index contributed by atoms with van der Waals surface area (Å²) < 4.78 is 35.8. The summed E-state index contributed by atoms with van der Waals surface area (Å²) in [5, 5.41) is 3.06. The third-order valence-corrected chi connectivity index (χ3v) is 1.70. The van der Waals surface area contributed by atoms with Gasteiger partial charge in [-0.05, 0) is 0 Å². The number of hydrogen-bond acceptors (Lipinski definition) is 4. The van der Waals surface area contributed by atoms with Crippen molar-refractivity contribution in [2.45, 2.75) is 11.7 Å². The quantitative estimate of drug-likeness (QED) is 0.541. The molecule has 0 aromatic rings. The molecule has 1 aliphatic heterocycles. The van der Waals surface area contributed by atoms with E-state index in [9.17, 15) is 13.2 Å². The molecule has 0 radical (unpaired) electrons. The summed E-state index contributed by atoms with van der Waals surface area (Å²) in [6.45, 7) is 0. The Kier molecular flexibility index (Phi) is 1.91. The van der Waals surface area contributed by atoms with E-state index in [4.69, 9.17) is 0 Å². The highest BCUT2D eigenvalue weighted by Gasteiger charge is 2.43. The fourth-order valence-electron chi connectivity index (χ4n) is 0.664. The van der Waals surface area contributed by atoms with E-state index in [-0.39, 0.29) is 0 Å². The molecule has 3 nitrogen and oxygen atoms in total. The standard InChI is InChI=1S/C4H6F3N3S/c1-10-2(4(5,6)7)8-9-3(10)11/h3,9,11H,1H3. The Morgan fingerprint density at radius 3 is 2.36 bits per heavy atom. The average Bonchev–Trinajstić information content (AvgIpc) is 2.11. The first-order valence-corrected chi connectivity index (χ1v) is 3.26. The fourth-order valence-corrected chi connectivity index (χ4v) is 0.831. The molecule has 11 heavy (non-hydrogen) atoms. The van der Waals surface area contributed by atoms with Crippen LogP contribution in [0.5, 0.6) is 0 Å². The van der Waals surface area contributed by atoms with Crippen molar-refractivity contribution in [1.82, 2.24) is 10.3 Å². The van der Waals surface area contributed by atoms with Crippen molar-refractivity contribution < 1.29 is 13.2 Å². The number of thiol groups is 1. The van der Waals surface area contributed by atoms with E-state index < -0.39 is 17.5 Å². The minimum Gasteiger partial charge on any atom is -0.324 e. The molecule has 1 unspecified atom stereocenters. The van der Waals surface area contributed by atoms with Gasteiger partial charge in [-0.25, -0.2) is 0 Å². The zero-order valence-corrected chi connectivity index (χ0v) is 6.45. The average molecular weight is 185 g/mol. The molecule has 0 aromatic heterocycles. The summed E-state index contributed by atoms with van der Waals surface area (Å²) >= 11 is 3.78. The van der Waals surface area contributed by atoms with Crippen LogP contribution in [-0.2, 0) is 0 Å². The van der Waals surface area contributed by atoms with Crippen LogP contribution in [0, 0.1) is 0 Å². The monoisotopic (exact) mass is 185 g/mol. The zero-order chi connectivity index (χ0) is 8.65. The lowest BCUT2D eigenvalue weighted by Crippen LogP contribution is -2.39. The second-order valence-corrected chi connectivity index (χ2v) is 2.54. The number of amidine groups is 1. The number of hydrogen-bond donors (Lipinski definition) is 2. The Morgan fingerprint density at radius 2 is 2.18 bits per heavy atom. The smallest absolute Gasteiger partial charge is 0.324 e. The van der Waals surface area contributed by atoms with Gasteiger partial charge < -0.3 is 4.90 Å². The van der Waals surface area contributed by atoms with Crippen molar-refractivity contribution in [3.63, 3.8) is 0 Å². The number of nitrogens with zero attached hydrogens (tertiary/aromatic N) is 2. The highest BCUT2D eigenvalue weighted by Crippen LogP contribution is 2.23.